The molecule has 2 unspecified atom stereocenters. The Hall–Kier alpha value is -5.37. The van der Waals surface area contributed by atoms with Crippen molar-refractivity contribution in [3.05, 3.63) is 108 Å². The Morgan fingerprint density at radius 1 is 0.860 bits per heavy atom. The third kappa shape index (κ3) is 7.91. The van der Waals surface area contributed by atoms with Crippen LogP contribution in [0.15, 0.2) is 91.0 Å². The zero-order valence-corrected chi connectivity index (χ0v) is 28.3. The Balaban J connectivity index is 1.45. The van der Waals surface area contributed by atoms with E-state index in [-0.39, 0.29) is 25.6 Å². The van der Waals surface area contributed by atoms with Gasteiger partial charge in [-0.05, 0) is 30.5 Å². The van der Waals surface area contributed by atoms with Gasteiger partial charge in [0.25, 0.3) is 0 Å². The molecule has 3 atom stereocenters. The van der Waals surface area contributed by atoms with Gasteiger partial charge in [-0.1, -0.05) is 91.0 Å². The Morgan fingerprint density at radius 3 is 2.02 bits per heavy atom. The van der Waals surface area contributed by atoms with Gasteiger partial charge in [-0.25, -0.2) is 19.3 Å². The summed E-state index contributed by atoms with van der Waals surface area (Å²) < 4.78 is 21.7. The van der Waals surface area contributed by atoms with E-state index in [2.05, 4.69) is 5.32 Å². The minimum atomic E-state index is -2.13. The molecule has 0 aromatic heterocycles. The highest BCUT2D eigenvalue weighted by molar-refractivity contribution is 8.00. The number of ether oxygens (including phenoxy) is 4. The molecule has 14 heteroatoms. The van der Waals surface area contributed by atoms with Crippen LogP contribution in [0, 0.1) is 0 Å². The van der Waals surface area contributed by atoms with Gasteiger partial charge in [-0.2, -0.15) is 0 Å². The minimum Gasteiger partial charge on any atom is -0.466 e. The lowest BCUT2D eigenvalue weighted by molar-refractivity contribution is -0.172. The Kier molecular flexibility index (Phi) is 11.8. The highest BCUT2D eigenvalue weighted by Crippen LogP contribution is 2.43. The molecule has 50 heavy (non-hydrogen) atoms. The number of nitrogens with zero attached hydrogens (tertiary/aromatic N) is 2. The van der Waals surface area contributed by atoms with Crippen molar-refractivity contribution >= 4 is 47.7 Å². The van der Waals surface area contributed by atoms with Crippen molar-refractivity contribution in [1.29, 1.82) is 0 Å². The molecule has 0 radical (unpaired) electrons. The lowest BCUT2D eigenvalue weighted by atomic mass is 9.93. The van der Waals surface area contributed by atoms with Crippen LogP contribution < -0.4 is 5.32 Å². The summed E-state index contributed by atoms with van der Waals surface area (Å²) in [4.78, 5) is 82.5. The second-order valence-electron chi connectivity index (χ2n) is 11.4. The number of amides is 4. The fraction of sp³-hybridized carbons (Fsp3) is 0.333. The van der Waals surface area contributed by atoms with Gasteiger partial charge in [0.2, 0.25) is 11.8 Å². The van der Waals surface area contributed by atoms with Gasteiger partial charge in [0.15, 0.2) is 11.6 Å². The topological polar surface area (TPSA) is 158 Å². The van der Waals surface area contributed by atoms with Crippen LogP contribution >= 0.6 is 11.8 Å². The van der Waals surface area contributed by atoms with E-state index in [0.29, 0.717) is 16.0 Å². The molecule has 2 saturated heterocycles. The highest BCUT2D eigenvalue weighted by atomic mass is 32.2. The number of hydrogen-bond donors (Lipinski definition) is 1. The number of rotatable bonds is 12. The fourth-order valence-electron chi connectivity index (χ4n) is 5.72. The minimum absolute atomic E-state index is 0.00880. The quantitative estimate of drug-likeness (QED) is 0.125. The first-order valence-corrected chi connectivity index (χ1v) is 17.1. The number of carbonyl (C=O) groups excluding carboxylic acids is 6. The molecule has 0 aliphatic carbocycles. The molecule has 262 valence electrons. The summed E-state index contributed by atoms with van der Waals surface area (Å²) >= 11 is 1.06. The summed E-state index contributed by atoms with van der Waals surface area (Å²) in [5.74, 6) is -3.80. The van der Waals surface area contributed by atoms with E-state index in [1.54, 1.807) is 91.9 Å². The van der Waals surface area contributed by atoms with E-state index < -0.39 is 72.0 Å². The van der Waals surface area contributed by atoms with Crippen LogP contribution in [-0.2, 0) is 44.7 Å². The number of β-lactam (4-membered cyclic amide) rings is 1. The molecule has 3 aromatic rings. The smallest absolute Gasteiger partial charge is 0.417 e. The molecule has 1 N–H and O–H groups in total. The molecule has 0 bridgehead atoms. The van der Waals surface area contributed by atoms with Crippen LogP contribution in [-0.4, -0.2) is 88.2 Å². The highest BCUT2D eigenvalue weighted by Gasteiger charge is 2.63. The molecular weight excluding hydrogens is 666 g/mol. The standard InChI is InChI=1S/C36H37N3O10S/c1-3-46-28(41)20-27(40)39(35(45)47-4-2)36(33(43)49-30(25-16-10-6-11-17-25)26-18-12-7-13-19-26)22-38-31(42)29(32(38)50-23-36)37-34(44)48-21-24-14-8-5-9-15-24/h5-19,29-30,32H,3-4,20-23H2,1-2H3,(H,37,44)/t29?,32-,36?/m1/s1. The molecule has 2 aliphatic rings. The molecule has 4 amide bonds. The van der Waals surface area contributed by atoms with Crippen molar-refractivity contribution < 1.29 is 47.7 Å². The number of alkyl carbamates (subject to hydrolysis) is 1. The predicted octanol–water partition coefficient (Wildman–Crippen LogP) is 4.21. The number of thioether (sulfide) groups is 1. The number of benzene rings is 3. The van der Waals surface area contributed by atoms with Crippen LogP contribution in [0.2, 0.25) is 0 Å². The number of carbonyl (C=O) groups is 6. The lowest BCUT2D eigenvalue weighted by Gasteiger charge is -2.55. The Labute approximate surface area is 293 Å². The molecule has 5 rings (SSSR count). The largest absolute Gasteiger partial charge is 0.466 e. The first-order valence-electron chi connectivity index (χ1n) is 16.0. The van der Waals surface area contributed by atoms with Crippen LogP contribution in [0.5, 0.6) is 0 Å². The normalized spacial score (nSPS) is 19.3. The van der Waals surface area contributed by atoms with Crippen LogP contribution in [0.4, 0.5) is 9.59 Å². The van der Waals surface area contributed by atoms with E-state index in [0.717, 1.165) is 17.3 Å². The monoisotopic (exact) mass is 703 g/mol. The lowest BCUT2D eigenvalue weighted by Crippen LogP contribution is -2.78. The summed E-state index contributed by atoms with van der Waals surface area (Å²) in [6.07, 6.45) is -3.84. The number of esters is 2. The van der Waals surface area contributed by atoms with Crippen molar-refractivity contribution in [3.63, 3.8) is 0 Å². The summed E-state index contributed by atoms with van der Waals surface area (Å²) in [5.41, 5.74) is -0.145. The molecule has 0 spiro atoms. The average molecular weight is 704 g/mol. The van der Waals surface area contributed by atoms with Crippen molar-refractivity contribution in [2.24, 2.45) is 0 Å². The number of fused-ring (bicyclic) bond motifs is 1. The third-order valence-electron chi connectivity index (χ3n) is 8.09. The summed E-state index contributed by atoms with van der Waals surface area (Å²) in [7, 11) is 0. The maximum atomic E-state index is 14.6. The van der Waals surface area contributed by atoms with Gasteiger partial charge < -0.3 is 29.2 Å². The van der Waals surface area contributed by atoms with Crippen LogP contribution in [0.1, 0.15) is 43.1 Å². The van der Waals surface area contributed by atoms with Gasteiger partial charge in [0.05, 0.1) is 19.8 Å². The molecule has 13 nitrogen and oxygen atoms in total. The zero-order valence-electron chi connectivity index (χ0n) is 27.5. The number of imide groups is 1. The average Bonchev–Trinajstić information content (AvgIpc) is 3.13. The molecule has 3 aromatic carbocycles. The summed E-state index contributed by atoms with van der Waals surface area (Å²) in [6.45, 7) is 2.42. The molecule has 2 heterocycles. The molecule has 2 aliphatic heterocycles. The van der Waals surface area contributed by atoms with Gasteiger partial charge >= 0.3 is 24.1 Å². The maximum Gasteiger partial charge on any atom is 0.417 e. The second kappa shape index (κ2) is 16.4. The Bertz CT molecular complexity index is 1650. The first-order chi connectivity index (χ1) is 24.2. The molecule has 2 fully saturated rings. The second-order valence-corrected chi connectivity index (χ2v) is 12.5. The number of hydrogen-bond acceptors (Lipinski definition) is 11. The van der Waals surface area contributed by atoms with E-state index >= 15 is 0 Å². The number of nitrogens with one attached hydrogen (secondary N) is 1. The fourth-order valence-corrected chi connectivity index (χ4v) is 7.24. The molecular formula is C36H37N3O10S. The van der Waals surface area contributed by atoms with E-state index in [4.69, 9.17) is 18.9 Å². The van der Waals surface area contributed by atoms with Crippen molar-refractivity contribution in [2.45, 2.75) is 49.9 Å². The molecule has 0 saturated carbocycles. The van der Waals surface area contributed by atoms with E-state index in [9.17, 15) is 28.8 Å². The SMILES string of the molecule is CCOC(=O)CC(=O)N(C(=O)OCC)C1(C(=O)OC(c2ccccc2)c2ccccc2)CS[C@@H]2C(NC(=O)OCc3ccccc3)C(=O)N2C1. The summed E-state index contributed by atoms with van der Waals surface area (Å²) in [6, 6.07) is 25.8. The van der Waals surface area contributed by atoms with Crippen molar-refractivity contribution in [2.75, 3.05) is 25.5 Å². The van der Waals surface area contributed by atoms with Gasteiger partial charge in [-0.15, -0.1) is 11.8 Å². The third-order valence-corrected chi connectivity index (χ3v) is 9.60. The zero-order chi connectivity index (χ0) is 35.7. The van der Waals surface area contributed by atoms with E-state index in [1.165, 1.54) is 11.8 Å². The van der Waals surface area contributed by atoms with Gasteiger partial charge in [-0.3, -0.25) is 14.4 Å². The van der Waals surface area contributed by atoms with Gasteiger partial charge in [0, 0.05) is 5.75 Å². The summed E-state index contributed by atoms with van der Waals surface area (Å²) in [5, 5.41) is 1.92. The predicted molar refractivity (Wildman–Crippen MR) is 180 cm³/mol. The van der Waals surface area contributed by atoms with Crippen LogP contribution in [0.25, 0.3) is 0 Å². The first kappa shape index (κ1) is 35.9. The maximum absolute atomic E-state index is 14.6. The van der Waals surface area contributed by atoms with Crippen LogP contribution in [0.3, 0.4) is 0 Å². The Morgan fingerprint density at radius 2 is 1.44 bits per heavy atom. The van der Waals surface area contributed by atoms with Crippen molar-refractivity contribution in [1.82, 2.24) is 15.1 Å². The van der Waals surface area contributed by atoms with E-state index in [1.807, 2.05) is 6.07 Å². The van der Waals surface area contributed by atoms with Crippen molar-refractivity contribution in [3.8, 4) is 0 Å². The van der Waals surface area contributed by atoms with Gasteiger partial charge in [0.1, 0.15) is 24.4 Å².